The summed E-state index contributed by atoms with van der Waals surface area (Å²) in [6.07, 6.45) is 0.481. The molecule has 0 radical (unpaired) electrons. The van der Waals surface area contributed by atoms with Crippen LogP contribution < -0.4 is 10.6 Å². The summed E-state index contributed by atoms with van der Waals surface area (Å²) in [5.41, 5.74) is 1.33. The molecule has 1 fully saturated rings. The van der Waals surface area contributed by atoms with Gasteiger partial charge in [-0.3, -0.25) is 4.79 Å². The molecule has 0 aliphatic carbocycles. The van der Waals surface area contributed by atoms with Crippen LogP contribution in [0.3, 0.4) is 0 Å². The van der Waals surface area contributed by atoms with Gasteiger partial charge in [0.05, 0.1) is 11.5 Å². The molecule has 116 valence electrons. The van der Waals surface area contributed by atoms with Crippen LogP contribution in [0.1, 0.15) is 42.2 Å². The molecule has 0 bridgehead atoms. The molecule has 1 atom stereocenters. The molecule has 2 heterocycles. The zero-order valence-electron chi connectivity index (χ0n) is 12.5. The molecule has 1 aliphatic heterocycles. The number of sulfone groups is 1. The lowest BCUT2D eigenvalue weighted by Crippen LogP contribution is -2.35. The Balaban J connectivity index is 2.17. The Bertz CT molecular complexity index is 641. The maximum Gasteiger partial charge on any atom is 0.251 e. The fourth-order valence-electron chi connectivity index (χ4n) is 2.28. The highest BCUT2D eigenvalue weighted by Crippen LogP contribution is 2.18. The summed E-state index contributed by atoms with van der Waals surface area (Å²) in [5.74, 6) is 0.757. The molecule has 0 aromatic carbocycles. The lowest BCUT2D eigenvalue weighted by atomic mass is 10.1. The Morgan fingerprint density at radius 1 is 1.38 bits per heavy atom. The van der Waals surface area contributed by atoms with E-state index in [2.05, 4.69) is 15.6 Å². The number of nitrogens with one attached hydrogen (secondary N) is 2. The zero-order chi connectivity index (χ0) is 15.6. The van der Waals surface area contributed by atoms with Gasteiger partial charge in [0.1, 0.15) is 5.82 Å². The summed E-state index contributed by atoms with van der Waals surface area (Å²) in [4.78, 5) is 16.7. The van der Waals surface area contributed by atoms with Crippen molar-refractivity contribution in [1.82, 2.24) is 10.3 Å². The normalized spacial score (nSPS) is 20.5. The van der Waals surface area contributed by atoms with Crippen molar-refractivity contribution in [2.75, 3.05) is 23.9 Å². The van der Waals surface area contributed by atoms with Gasteiger partial charge in [-0.1, -0.05) is 13.8 Å². The topological polar surface area (TPSA) is 88.2 Å². The largest absolute Gasteiger partial charge is 0.373 e. The van der Waals surface area contributed by atoms with Gasteiger partial charge in [0, 0.05) is 24.3 Å². The van der Waals surface area contributed by atoms with Crippen molar-refractivity contribution in [1.29, 1.82) is 0 Å². The maximum atomic E-state index is 12.3. The number of rotatable bonds is 4. The number of carbonyl (C=O) groups is 1. The second-order valence-corrected chi connectivity index (χ2v) is 7.87. The fourth-order valence-corrected chi connectivity index (χ4v) is 3.96. The molecule has 1 amide bonds. The SMILES string of the molecule is CNc1cc(C(=O)NC2CCS(=O)(=O)C2)cc(C(C)C)n1. The summed E-state index contributed by atoms with van der Waals surface area (Å²) in [5, 5.41) is 5.73. The highest BCUT2D eigenvalue weighted by molar-refractivity contribution is 7.91. The van der Waals surface area contributed by atoms with Crippen molar-refractivity contribution in [3.8, 4) is 0 Å². The van der Waals surface area contributed by atoms with Gasteiger partial charge in [0.25, 0.3) is 5.91 Å². The van der Waals surface area contributed by atoms with Crippen LogP contribution in [0.5, 0.6) is 0 Å². The third-order valence-corrected chi connectivity index (χ3v) is 5.29. The summed E-state index contributed by atoms with van der Waals surface area (Å²) in [7, 11) is -1.25. The minimum absolute atomic E-state index is 0.0275. The van der Waals surface area contributed by atoms with Gasteiger partial charge in [-0.05, 0) is 24.5 Å². The number of hydrogen-bond acceptors (Lipinski definition) is 5. The number of hydrogen-bond donors (Lipinski definition) is 2. The molecule has 1 saturated heterocycles. The van der Waals surface area contributed by atoms with Gasteiger partial charge in [0.2, 0.25) is 0 Å². The summed E-state index contributed by atoms with van der Waals surface area (Å²) >= 11 is 0. The molecular formula is C14H21N3O3S. The van der Waals surface area contributed by atoms with Gasteiger partial charge >= 0.3 is 0 Å². The molecule has 7 heteroatoms. The minimum atomic E-state index is -3.00. The van der Waals surface area contributed by atoms with Crippen LogP contribution in [0.2, 0.25) is 0 Å². The lowest BCUT2D eigenvalue weighted by Gasteiger charge is -2.13. The Labute approximate surface area is 125 Å². The molecule has 0 spiro atoms. The van der Waals surface area contributed by atoms with Crippen molar-refractivity contribution < 1.29 is 13.2 Å². The first-order valence-electron chi connectivity index (χ1n) is 7.02. The van der Waals surface area contributed by atoms with Crippen LogP contribution in [0.25, 0.3) is 0 Å². The molecule has 1 aliphatic rings. The second-order valence-electron chi connectivity index (χ2n) is 5.64. The predicted octanol–water partition coefficient (Wildman–Crippen LogP) is 1.16. The number of nitrogens with zero attached hydrogens (tertiary/aromatic N) is 1. The standard InChI is InChI=1S/C14H21N3O3S/c1-9(2)12-6-10(7-13(15-3)17-12)14(18)16-11-4-5-21(19,20)8-11/h6-7,9,11H,4-5,8H2,1-3H3,(H,15,17)(H,16,18). The van der Waals surface area contributed by atoms with Crippen molar-refractivity contribution in [3.63, 3.8) is 0 Å². The molecule has 1 aromatic heterocycles. The van der Waals surface area contributed by atoms with Crippen LogP contribution in [0, 0.1) is 0 Å². The van der Waals surface area contributed by atoms with E-state index in [1.807, 2.05) is 13.8 Å². The first kappa shape index (κ1) is 15.8. The minimum Gasteiger partial charge on any atom is -0.373 e. The average molecular weight is 311 g/mol. The summed E-state index contributed by atoms with van der Waals surface area (Å²) in [6, 6.07) is 3.13. The Hall–Kier alpha value is -1.63. The maximum absolute atomic E-state index is 12.3. The van der Waals surface area contributed by atoms with Crippen LogP contribution in [-0.2, 0) is 9.84 Å². The van der Waals surface area contributed by atoms with Crippen molar-refractivity contribution in [2.45, 2.75) is 32.2 Å². The Morgan fingerprint density at radius 3 is 2.62 bits per heavy atom. The first-order chi connectivity index (χ1) is 9.80. The van der Waals surface area contributed by atoms with Crippen LogP contribution in [0.15, 0.2) is 12.1 Å². The lowest BCUT2D eigenvalue weighted by molar-refractivity contribution is 0.0941. The molecule has 6 nitrogen and oxygen atoms in total. The van der Waals surface area contributed by atoms with Crippen LogP contribution in [0.4, 0.5) is 5.82 Å². The van der Waals surface area contributed by atoms with E-state index in [-0.39, 0.29) is 29.4 Å². The smallest absolute Gasteiger partial charge is 0.251 e. The van der Waals surface area contributed by atoms with E-state index in [0.717, 1.165) is 5.69 Å². The summed E-state index contributed by atoms with van der Waals surface area (Å²) in [6.45, 7) is 4.01. The molecule has 1 unspecified atom stereocenters. The zero-order valence-corrected chi connectivity index (χ0v) is 13.3. The number of amides is 1. The van der Waals surface area contributed by atoms with Gasteiger partial charge in [-0.15, -0.1) is 0 Å². The highest BCUT2D eigenvalue weighted by Gasteiger charge is 2.29. The van der Waals surface area contributed by atoms with Gasteiger partial charge in [-0.25, -0.2) is 13.4 Å². The van der Waals surface area contributed by atoms with Gasteiger partial charge in [0.15, 0.2) is 9.84 Å². The second kappa shape index (κ2) is 6.01. The van der Waals surface area contributed by atoms with E-state index in [4.69, 9.17) is 0 Å². The molecular weight excluding hydrogens is 290 g/mol. The summed E-state index contributed by atoms with van der Waals surface area (Å²) < 4.78 is 22.9. The molecule has 0 saturated carbocycles. The molecule has 2 N–H and O–H groups in total. The van der Waals surface area contributed by atoms with E-state index in [1.54, 1.807) is 19.2 Å². The number of anilines is 1. The Kier molecular flexibility index (Phi) is 4.51. The van der Waals surface area contributed by atoms with Crippen LogP contribution in [-0.4, -0.2) is 43.9 Å². The van der Waals surface area contributed by atoms with Crippen molar-refractivity contribution in [3.05, 3.63) is 23.4 Å². The van der Waals surface area contributed by atoms with Gasteiger partial charge in [-0.2, -0.15) is 0 Å². The Morgan fingerprint density at radius 2 is 2.10 bits per heavy atom. The first-order valence-corrected chi connectivity index (χ1v) is 8.84. The van der Waals surface area contributed by atoms with Crippen LogP contribution >= 0.6 is 0 Å². The quantitative estimate of drug-likeness (QED) is 0.871. The fraction of sp³-hybridized carbons (Fsp3) is 0.571. The van der Waals surface area contributed by atoms with E-state index >= 15 is 0 Å². The third kappa shape index (κ3) is 3.93. The highest BCUT2D eigenvalue weighted by atomic mass is 32.2. The molecule has 21 heavy (non-hydrogen) atoms. The number of carbonyl (C=O) groups excluding carboxylic acids is 1. The monoisotopic (exact) mass is 311 g/mol. The third-order valence-electron chi connectivity index (χ3n) is 3.52. The van der Waals surface area contributed by atoms with Gasteiger partial charge < -0.3 is 10.6 Å². The number of aromatic nitrogens is 1. The van der Waals surface area contributed by atoms with E-state index < -0.39 is 9.84 Å². The van der Waals surface area contributed by atoms with E-state index in [1.165, 1.54) is 0 Å². The number of pyridine rings is 1. The van der Waals surface area contributed by atoms with E-state index in [0.29, 0.717) is 17.8 Å². The average Bonchev–Trinajstić information content (AvgIpc) is 2.77. The molecule has 1 aromatic rings. The van der Waals surface area contributed by atoms with Crippen molar-refractivity contribution in [2.24, 2.45) is 0 Å². The predicted molar refractivity (Wildman–Crippen MR) is 82.4 cm³/mol. The van der Waals surface area contributed by atoms with Crippen molar-refractivity contribution >= 4 is 21.6 Å². The van der Waals surface area contributed by atoms with E-state index in [9.17, 15) is 13.2 Å². The molecule has 2 rings (SSSR count).